The highest BCUT2D eigenvalue weighted by molar-refractivity contribution is 6.02. The summed E-state index contributed by atoms with van der Waals surface area (Å²) in [5.41, 5.74) is 4.53. The molecule has 19 heavy (non-hydrogen) atoms. The van der Waals surface area contributed by atoms with Crippen LogP contribution in [0.5, 0.6) is 0 Å². The lowest BCUT2D eigenvalue weighted by molar-refractivity contribution is 0.619. The molecule has 0 aromatic carbocycles. The highest BCUT2D eigenvalue weighted by Crippen LogP contribution is 2.35. The number of fused-ring (bicyclic) bond motifs is 1. The van der Waals surface area contributed by atoms with Gasteiger partial charge in [-0.3, -0.25) is 4.98 Å². The summed E-state index contributed by atoms with van der Waals surface area (Å²) in [4.78, 5) is 14.3. The summed E-state index contributed by atoms with van der Waals surface area (Å²) in [7, 11) is 0. The van der Waals surface area contributed by atoms with E-state index >= 15 is 0 Å². The standard InChI is InChI=1S/C15H14N4/c1-3-11(9-16-5-1)12-10-18-15-14(12)13(4-6-17-15)19-7-2-8-19/h1,3-6,9-10H,2,7-8H2,(H,17,18). The van der Waals surface area contributed by atoms with Crippen LogP contribution in [-0.4, -0.2) is 28.0 Å². The molecule has 4 nitrogen and oxygen atoms in total. The Morgan fingerprint density at radius 1 is 1.16 bits per heavy atom. The van der Waals surface area contributed by atoms with E-state index in [1.807, 2.05) is 24.7 Å². The van der Waals surface area contributed by atoms with E-state index in [2.05, 4.69) is 32.0 Å². The molecule has 3 aromatic heterocycles. The molecule has 1 fully saturated rings. The Balaban J connectivity index is 1.96. The van der Waals surface area contributed by atoms with E-state index in [-0.39, 0.29) is 0 Å². The minimum absolute atomic E-state index is 0.947. The van der Waals surface area contributed by atoms with Crippen LogP contribution in [0.15, 0.2) is 43.0 Å². The van der Waals surface area contributed by atoms with Crippen molar-refractivity contribution in [2.75, 3.05) is 18.0 Å². The topological polar surface area (TPSA) is 44.8 Å². The summed E-state index contributed by atoms with van der Waals surface area (Å²) in [5, 5.41) is 1.20. The molecule has 0 bridgehead atoms. The van der Waals surface area contributed by atoms with Crippen molar-refractivity contribution >= 4 is 16.7 Å². The molecule has 4 heterocycles. The van der Waals surface area contributed by atoms with E-state index in [4.69, 9.17) is 0 Å². The largest absolute Gasteiger partial charge is 0.371 e. The number of nitrogens with one attached hydrogen (secondary N) is 1. The van der Waals surface area contributed by atoms with Gasteiger partial charge >= 0.3 is 0 Å². The lowest BCUT2D eigenvalue weighted by Gasteiger charge is -2.33. The van der Waals surface area contributed by atoms with Crippen molar-refractivity contribution in [3.05, 3.63) is 43.0 Å². The van der Waals surface area contributed by atoms with Gasteiger partial charge in [-0.25, -0.2) is 4.98 Å². The second kappa shape index (κ2) is 4.09. The summed E-state index contributed by atoms with van der Waals surface area (Å²) in [6.07, 6.45) is 8.87. The summed E-state index contributed by atoms with van der Waals surface area (Å²) in [6.45, 7) is 2.27. The molecular weight excluding hydrogens is 236 g/mol. The maximum atomic E-state index is 4.43. The van der Waals surface area contributed by atoms with Gasteiger partial charge in [-0.15, -0.1) is 0 Å². The van der Waals surface area contributed by atoms with Gasteiger partial charge in [0, 0.05) is 60.1 Å². The van der Waals surface area contributed by atoms with Crippen molar-refractivity contribution in [3.63, 3.8) is 0 Å². The molecule has 1 aliphatic heterocycles. The zero-order chi connectivity index (χ0) is 12.7. The average molecular weight is 250 g/mol. The highest BCUT2D eigenvalue weighted by atomic mass is 15.2. The molecule has 0 radical (unpaired) electrons. The van der Waals surface area contributed by atoms with Gasteiger partial charge in [0.2, 0.25) is 0 Å². The van der Waals surface area contributed by atoms with Gasteiger partial charge in [-0.05, 0) is 18.6 Å². The summed E-state index contributed by atoms with van der Waals surface area (Å²) in [6, 6.07) is 6.16. The number of nitrogens with zero attached hydrogens (tertiary/aromatic N) is 3. The lowest BCUT2D eigenvalue weighted by Crippen LogP contribution is -2.37. The first-order chi connectivity index (χ1) is 9.43. The van der Waals surface area contributed by atoms with Crippen LogP contribution in [0.1, 0.15) is 6.42 Å². The van der Waals surface area contributed by atoms with Crippen LogP contribution in [0.2, 0.25) is 0 Å². The van der Waals surface area contributed by atoms with Crippen molar-refractivity contribution in [2.45, 2.75) is 6.42 Å². The molecule has 1 N–H and O–H groups in total. The zero-order valence-electron chi connectivity index (χ0n) is 10.5. The Morgan fingerprint density at radius 3 is 2.84 bits per heavy atom. The van der Waals surface area contributed by atoms with Gasteiger partial charge in [0.05, 0.1) is 0 Å². The molecule has 1 aliphatic rings. The van der Waals surface area contributed by atoms with Crippen LogP contribution in [0, 0.1) is 0 Å². The molecule has 4 rings (SSSR count). The minimum atomic E-state index is 0.947. The average Bonchev–Trinajstić information content (AvgIpc) is 2.83. The first kappa shape index (κ1) is 10.6. The van der Waals surface area contributed by atoms with Gasteiger partial charge in [0.1, 0.15) is 5.65 Å². The normalized spacial score (nSPS) is 14.6. The predicted octanol–water partition coefficient (Wildman–Crippen LogP) is 2.84. The molecule has 0 amide bonds. The highest BCUT2D eigenvalue weighted by Gasteiger charge is 2.20. The fraction of sp³-hybridized carbons (Fsp3) is 0.200. The third-order valence-electron chi connectivity index (χ3n) is 3.72. The Hall–Kier alpha value is -2.36. The van der Waals surface area contributed by atoms with Crippen molar-refractivity contribution in [2.24, 2.45) is 0 Å². The Bertz CT molecular complexity index is 713. The number of anilines is 1. The fourth-order valence-corrected chi connectivity index (χ4v) is 2.61. The van der Waals surface area contributed by atoms with E-state index < -0.39 is 0 Å². The van der Waals surface area contributed by atoms with Gasteiger partial charge in [-0.1, -0.05) is 6.07 Å². The monoisotopic (exact) mass is 250 g/mol. The van der Waals surface area contributed by atoms with Crippen molar-refractivity contribution in [3.8, 4) is 11.1 Å². The number of rotatable bonds is 2. The molecule has 0 spiro atoms. The van der Waals surface area contributed by atoms with E-state index in [1.165, 1.54) is 23.1 Å². The van der Waals surface area contributed by atoms with Gasteiger partial charge < -0.3 is 9.88 Å². The molecule has 3 aromatic rings. The smallest absolute Gasteiger partial charge is 0.139 e. The first-order valence-electron chi connectivity index (χ1n) is 6.55. The van der Waals surface area contributed by atoms with Crippen LogP contribution in [0.25, 0.3) is 22.2 Å². The Morgan fingerprint density at radius 2 is 2.11 bits per heavy atom. The number of aromatic nitrogens is 3. The lowest BCUT2D eigenvalue weighted by atomic mass is 10.0. The van der Waals surface area contributed by atoms with E-state index in [9.17, 15) is 0 Å². The molecule has 94 valence electrons. The fourth-order valence-electron chi connectivity index (χ4n) is 2.61. The number of pyridine rings is 2. The van der Waals surface area contributed by atoms with Crippen LogP contribution in [0.4, 0.5) is 5.69 Å². The van der Waals surface area contributed by atoms with Gasteiger partial charge in [0.25, 0.3) is 0 Å². The Labute approximate surface area is 111 Å². The molecular formula is C15H14N4. The molecule has 0 saturated carbocycles. The Kier molecular flexibility index (Phi) is 2.27. The van der Waals surface area contributed by atoms with Crippen molar-refractivity contribution < 1.29 is 0 Å². The first-order valence-corrected chi connectivity index (χ1v) is 6.55. The number of hydrogen-bond acceptors (Lipinski definition) is 3. The zero-order valence-corrected chi connectivity index (χ0v) is 10.5. The molecule has 0 atom stereocenters. The maximum absolute atomic E-state index is 4.43. The van der Waals surface area contributed by atoms with E-state index in [1.54, 1.807) is 6.20 Å². The third-order valence-corrected chi connectivity index (χ3v) is 3.72. The molecule has 4 heteroatoms. The molecule has 0 unspecified atom stereocenters. The predicted molar refractivity (Wildman–Crippen MR) is 76.2 cm³/mol. The SMILES string of the molecule is c1cncc(-c2c[nH]c3nccc(N4CCC4)c23)c1. The summed E-state index contributed by atoms with van der Waals surface area (Å²) < 4.78 is 0. The second-order valence-corrected chi connectivity index (χ2v) is 4.84. The molecule has 1 saturated heterocycles. The van der Waals surface area contributed by atoms with E-state index in [0.717, 1.165) is 24.3 Å². The number of hydrogen-bond donors (Lipinski definition) is 1. The van der Waals surface area contributed by atoms with Crippen LogP contribution in [-0.2, 0) is 0 Å². The number of aromatic amines is 1. The van der Waals surface area contributed by atoms with Gasteiger partial charge in [-0.2, -0.15) is 0 Å². The van der Waals surface area contributed by atoms with Crippen molar-refractivity contribution in [1.29, 1.82) is 0 Å². The third kappa shape index (κ3) is 1.60. The maximum Gasteiger partial charge on any atom is 0.139 e. The van der Waals surface area contributed by atoms with Crippen LogP contribution < -0.4 is 4.90 Å². The van der Waals surface area contributed by atoms with Gasteiger partial charge in [0.15, 0.2) is 0 Å². The van der Waals surface area contributed by atoms with Crippen LogP contribution in [0.3, 0.4) is 0 Å². The number of H-pyrrole nitrogens is 1. The van der Waals surface area contributed by atoms with Crippen LogP contribution >= 0.6 is 0 Å². The van der Waals surface area contributed by atoms with Crippen molar-refractivity contribution in [1.82, 2.24) is 15.0 Å². The summed E-state index contributed by atoms with van der Waals surface area (Å²) in [5.74, 6) is 0. The second-order valence-electron chi connectivity index (χ2n) is 4.84. The quantitative estimate of drug-likeness (QED) is 0.760. The summed E-state index contributed by atoms with van der Waals surface area (Å²) >= 11 is 0. The van der Waals surface area contributed by atoms with E-state index in [0.29, 0.717) is 0 Å². The minimum Gasteiger partial charge on any atom is -0.371 e. The molecule has 0 aliphatic carbocycles.